The minimum absolute atomic E-state index is 0.259. The van der Waals surface area contributed by atoms with Crippen molar-refractivity contribution in [1.29, 1.82) is 0 Å². The van der Waals surface area contributed by atoms with Crippen LogP contribution in [0.5, 0.6) is 5.75 Å². The van der Waals surface area contributed by atoms with Gasteiger partial charge in [-0.25, -0.2) is 4.98 Å². The number of hydrogen-bond acceptors (Lipinski definition) is 4. The summed E-state index contributed by atoms with van der Waals surface area (Å²) in [6, 6.07) is 20.5. The molecule has 4 aromatic rings. The van der Waals surface area contributed by atoms with Gasteiger partial charge in [0.25, 0.3) is 0 Å². The van der Waals surface area contributed by atoms with Gasteiger partial charge < -0.3 is 4.74 Å². The Balaban J connectivity index is 1.28. The molecule has 1 heterocycles. The van der Waals surface area contributed by atoms with E-state index in [1.165, 1.54) is 17.4 Å². The highest BCUT2D eigenvalue weighted by atomic mass is 35.5. The van der Waals surface area contributed by atoms with Crippen molar-refractivity contribution in [2.45, 2.75) is 13.0 Å². The van der Waals surface area contributed by atoms with Gasteiger partial charge in [0.1, 0.15) is 12.4 Å². The molecule has 0 aliphatic carbocycles. The predicted octanol–water partition coefficient (Wildman–Crippen LogP) is 7.93. The smallest absolute Gasteiger partial charge is 0.250 e. The average molecular weight is 530 g/mol. The zero-order valence-electron chi connectivity index (χ0n) is 17.8. The molecule has 0 fully saturated rings. The van der Waals surface area contributed by atoms with Crippen LogP contribution in [0.25, 0.3) is 6.08 Å². The first kappa shape index (κ1) is 24.3. The summed E-state index contributed by atoms with van der Waals surface area (Å²) in [5.41, 5.74) is 2.83. The number of benzene rings is 3. The van der Waals surface area contributed by atoms with Crippen molar-refractivity contribution in [3.05, 3.63) is 116 Å². The lowest BCUT2D eigenvalue weighted by molar-refractivity contribution is -0.111. The lowest BCUT2D eigenvalue weighted by Crippen LogP contribution is -2.07. The molecule has 0 spiro atoms. The molecule has 0 bridgehead atoms. The highest BCUT2D eigenvalue weighted by Crippen LogP contribution is 2.29. The molecule has 1 amide bonds. The average Bonchev–Trinajstić information content (AvgIpc) is 3.27. The van der Waals surface area contributed by atoms with E-state index in [4.69, 9.17) is 39.5 Å². The van der Waals surface area contributed by atoms with Crippen LogP contribution in [0.3, 0.4) is 0 Å². The molecule has 0 unspecified atom stereocenters. The minimum atomic E-state index is -0.259. The predicted molar refractivity (Wildman–Crippen MR) is 141 cm³/mol. The quantitative estimate of drug-likeness (QED) is 0.236. The zero-order valence-corrected chi connectivity index (χ0v) is 20.9. The molecule has 1 N–H and O–H groups in total. The van der Waals surface area contributed by atoms with Crippen molar-refractivity contribution in [1.82, 2.24) is 4.98 Å². The third-order valence-electron chi connectivity index (χ3n) is 4.81. The van der Waals surface area contributed by atoms with Crippen LogP contribution in [0.4, 0.5) is 5.13 Å². The van der Waals surface area contributed by atoms with Crippen LogP contribution in [-0.2, 0) is 17.8 Å². The number of amides is 1. The standard InChI is InChI=1S/C26H19Cl3N2O2S/c27-20-9-4-18(5-10-20)16-33-21-11-6-17(7-12-21)8-13-24(32)31-26-30-15-22(34-26)14-19-2-1-3-23(28)25(19)29/h1-13,15H,14,16H2,(H,30,31,32). The van der Waals surface area contributed by atoms with Gasteiger partial charge in [0.2, 0.25) is 5.91 Å². The molecule has 3 aromatic carbocycles. The third kappa shape index (κ3) is 6.84. The molecule has 0 atom stereocenters. The second-order valence-electron chi connectivity index (χ2n) is 7.33. The first-order valence-electron chi connectivity index (χ1n) is 10.3. The molecule has 172 valence electrons. The molecule has 34 heavy (non-hydrogen) atoms. The Labute approximate surface area is 216 Å². The fraction of sp³-hybridized carbons (Fsp3) is 0.0769. The van der Waals surface area contributed by atoms with Crippen LogP contribution in [0.2, 0.25) is 15.1 Å². The molecular weight excluding hydrogens is 511 g/mol. The molecule has 4 rings (SSSR count). The number of thiazole rings is 1. The SMILES string of the molecule is O=C(C=Cc1ccc(OCc2ccc(Cl)cc2)cc1)Nc1ncc(Cc2cccc(Cl)c2Cl)s1. The third-order valence-corrected chi connectivity index (χ3v) is 6.83. The number of nitrogens with one attached hydrogen (secondary N) is 1. The Morgan fingerprint density at radius 2 is 1.76 bits per heavy atom. The van der Waals surface area contributed by atoms with Crippen LogP contribution in [0, 0.1) is 0 Å². The number of anilines is 1. The first-order valence-corrected chi connectivity index (χ1v) is 12.3. The zero-order chi connectivity index (χ0) is 23.9. The van der Waals surface area contributed by atoms with Crippen LogP contribution in [0.15, 0.2) is 79.0 Å². The molecule has 0 radical (unpaired) electrons. The van der Waals surface area contributed by atoms with Crippen LogP contribution >= 0.6 is 46.1 Å². The largest absolute Gasteiger partial charge is 0.489 e. The summed E-state index contributed by atoms with van der Waals surface area (Å²) < 4.78 is 5.78. The Kier molecular flexibility index (Phi) is 8.25. The molecule has 0 saturated carbocycles. The van der Waals surface area contributed by atoms with Gasteiger partial charge in [-0.2, -0.15) is 0 Å². The second-order valence-corrected chi connectivity index (χ2v) is 9.67. The molecule has 0 saturated heterocycles. The number of ether oxygens (including phenoxy) is 1. The van der Waals surface area contributed by atoms with Crippen LogP contribution in [-0.4, -0.2) is 10.9 Å². The molecule has 4 nitrogen and oxygen atoms in total. The monoisotopic (exact) mass is 528 g/mol. The van der Waals surface area contributed by atoms with Crippen molar-refractivity contribution in [3.63, 3.8) is 0 Å². The summed E-state index contributed by atoms with van der Waals surface area (Å²) in [4.78, 5) is 17.5. The maximum absolute atomic E-state index is 12.3. The van der Waals surface area contributed by atoms with Gasteiger partial charge in [-0.1, -0.05) is 71.2 Å². The van der Waals surface area contributed by atoms with Crippen molar-refractivity contribution >= 4 is 63.3 Å². The number of halogens is 3. The van der Waals surface area contributed by atoms with Gasteiger partial charge in [0, 0.05) is 28.6 Å². The molecule has 0 aliphatic heterocycles. The Morgan fingerprint density at radius 1 is 1.00 bits per heavy atom. The maximum Gasteiger partial charge on any atom is 0.250 e. The molecule has 1 aromatic heterocycles. The fourth-order valence-electron chi connectivity index (χ4n) is 3.06. The summed E-state index contributed by atoms with van der Waals surface area (Å²) in [7, 11) is 0. The van der Waals surface area contributed by atoms with E-state index in [9.17, 15) is 4.79 Å². The minimum Gasteiger partial charge on any atom is -0.489 e. The number of carbonyl (C=O) groups is 1. The van der Waals surface area contributed by atoms with Crippen molar-refractivity contribution in [3.8, 4) is 5.75 Å². The normalized spacial score (nSPS) is 11.0. The number of rotatable bonds is 8. The number of aromatic nitrogens is 1. The lowest BCUT2D eigenvalue weighted by atomic mass is 10.1. The summed E-state index contributed by atoms with van der Waals surface area (Å²) in [6.07, 6.45) is 5.52. The number of carbonyl (C=O) groups excluding carboxylic acids is 1. The van der Waals surface area contributed by atoms with E-state index in [1.54, 1.807) is 18.3 Å². The fourth-order valence-corrected chi connectivity index (χ4v) is 4.41. The van der Waals surface area contributed by atoms with E-state index in [1.807, 2.05) is 60.7 Å². The first-order chi connectivity index (χ1) is 16.5. The van der Waals surface area contributed by atoms with E-state index in [-0.39, 0.29) is 5.91 Å². The van der Waals surface area contributed by atoms with Gasteiger partial charge in [-0.15, -0.1) is 11.3 Å². The van der Waals surface area contributed by atoms with Gasteiger partial charge >= 0.3 is 0 Å². The molecular formula is C26H19Cl3N2O2S. The van der Waals surface area contributed by atoms with Gasteiger partial charge in [-0.3, -0.25) is 10.1 Å². The van der Waals surface area contributed by atoms with Crippen molar-refractivity contribution in [2.75, 3.05) is 5.32 Å². The van der Waals surface area contributed by atoms with E-state index < -0.39 is 0 Å². The van der Waals surface area contributed by atoms with Gasteiger partial charge in [0.15, 0.2) is 5.13 Å². The summed E-state index contributed by atoms with van der Waals surface area (Å²) in [5, 5.41) is 5.06. The summed E-state index contributed by atoms with van der Waals surface area (Å²) in [5.74, 6) is 0.483. The molecule has 0 aliphatic rings. The Morgan fingerprint density at radius 3 is 2.53 bits per heavy atom. The highest BCUT2D eigenvalue weighted by molar-refractivity contribution is 7.15. The van der Waals surface area contributed by atoms with Crippen molar-refractivity contribution in [2.24, 2.45) is 0 Å². The summed E-state index contributed by atoms with van der Waals surface area (Å²) >= 11 is 19.6. The summed E-state index contributed by atoms with van der Waals surface area (Å²) in [6.45, 7) is 0.452. The maximum atomic E-state index is 12.3. The molecule has 8 heteroatoms. The Hall–Kier alpha value is -2.83. The van der Waals surface area contributed by atoms with Crippen LogP contribution in [0.1, 0.15) is 21.6 Å². The lowest BCUT2D eigenvalue weighted by Gasteiger charge is -2.06. The second kappa shape index (κ2) is 11.5. The van der Waals surface area contributed by atoms with E-state index in [2.05, 4.69) is 10.3 Å². The van der Waals surface area contributed by atoms with Gasteiger partial charge in [0.05, 0.1) is 10.0 Å². The van der Waals surface area contributed by atoms with Crippen molar-refractivity contribution < 1.29 is 9.53 Å². The topological polar surface area (TPSA) is 51.2 Å². The van der Waals surface area contributed by atoms with E-state index in [0.717, 1.165) is 27.3 Å². The number of nitrogens with zero attached hydrogens (tertiary/aromatic N) is 1. The van der Waals surface area contributed by atoms with Crippen LogP contribution < -0.4 is 10.1 Å². The number of hydrogen-bond donors (Lipinski definition) is 1. The van der Waals surface area contributed by atoms with E-state index in [0.29, 0.717) is 33.2 Å². The van der Waals surface area contributed by atoms with E-state index >= 15 is 0 Å². The highest BCUT2D eigenvalue weighted by Gasteiger charge is 2.09. The Bertz CT molecular complexity index is 1300. The van der Waals surface area contributed by atoms with Gasteiger partial charge in [-0.05, 0) is 53.1 Å².